The Balaban J connectivity index is 1.99. The average molecular weight is 232 g/mol. The molecule has 0 aliphatic heterocycles. The van der Waals surface area contributed by atoms with Gasteiger partial charge in [0, 0.05) is 11.6 Å². The molecule has 3 heteroatoms. The topological polar surface area (TPSA) is 42.0 Å². The molecule has 1 aromatic heterocycles. The summed E-state index contributed by atoms with van der Waals surface area (Å²) in [6.07, 6.45) is 7.44. The van der Waals surface area contributed by atoms with E-state index < -0.39 is 0 Å². The molecule has 1 aliphatic carbocycles. The number of rotatable bonds is 2. The second-order valence-corrected chi connectivity index (χ2v) is 4.95. The first-order chi connectivity index (χ1) is 8.16. The van der Waals surface area contributed by atoms with Crippen LogP contribution in [0.4, 0.5) is 5.69 Å². The molecule has 1 heterocycles. The summed E-state index contributed by atoms with van der Waals surface area (Å²) in [6.45, 7) is 3.99. The number of carbonyl (C=O) groups is 1. The Hall–Kier alpha value is -1.38. The maximum Gasteiger partial charge on any atom is 0.227 e. The molecule has 1 fully saturated rings. The third-order valence-electron chi connectivity index (χ3n) is 3.58. The van der Waals surface area contributed by atoms with Crippen molar-refractivity contribution in [3.63, 3.8) is 0 Å². The number of anilines is 1. The maximum atomic E-state index is 12.0. The summed E-state index contributed by atoms with van der Waals surface area (Å²) in [7, 11) is 0. The van der Waals surface area contributed by atoms with Gasteiger partial charge in [-0.1, -0.05) is 19.3 Å². The van der Waals surface area contributed by atoms with Gasteiger partial charge in [-0.3, -0.25) is 9.78 Å². The van der Waals surface area contributed by atoms with Crippen molar-refractivity contribution < 1.29 is 4.79 Å². The molecule has 1 aromatic rings. The average Bonchev–Trinajstić information content (AvgIpc) is 2.35. The fraction of sp³-hybridized carbons (Fsp3) is 0.571. The summed E-state index contributed by atoms with van der Waals surface area (Å²) in [5.41, 5.74) is 2.95. The normalized spacial score (nSPS) is 16.8. The molecular formula is C14H20N2O. The van der Waals surface area contributed by atoms with Crippen LogP contribution in [-0.2, 0) is 4.79 Å². The smallest absolute Gasteiger partial charge is 0.227 e. The predicted molar refractivity (Wildman–Crippen MR) is 68.9 cm³/mol. The number of aryl methyl sites for hydroxylation is 2. The highest BCUT2D eigenvalue weighted by atomic mass is 16.1. The van der Waals surface area contributed by atoms with E-state index in [2.05, 4.69) is 10.3 Å². The molecule has 0 aromatic carbocycles. The van der Waals surface area contributed by atoms with Crippen molar-refractivity contribution in [1.29, 1.82) is 0 Å². The van der Waals surface area contributed by atoms with Crippen molar-refractivity contribution in [3.05, 3.63) is 23.5 Å². The van der Waals surface area contributed by atoms with Crippen molar-refractivity contribution in [3.8, 4) is 0 Å². The summed E-state index contributed by atoms with van der Waals surface area (Å²) >= 11 is 0. The molecule has 1 aliphatic rings. The molecular weight excluding hydrogens is 212 g/mol. The predicted octanol–water partition coefficient (Wildman–Crippen LogP) is 3.22. The minimum atomic E-state index is 0.162. The largest absolute Gasteiger partial charge is 0.324 e. The van der Waals surface area contributed by atoms with Gasteiger partial charge in [0.2, 0.25) is 5.91 Å². The molecule has 92 valence electrons. The number of pyridine rings is 1. The third-order valence-corrected chi connectivity index (χ3v) is 3.58. The van der Waals surface area contributed by atoms with E-state index >= 15 is 0 Å². The van der Waals surface area contributed by atoms with Crippen LogP contribution >= 0.6 is 0 Å². The van der Waals surface area contributed by atoms with Crippen molar-refractivity contribution in [1.82, 2.24) is 4.98 Å². The van der Waals surface area contributed by atoms with Crippen LogP contribution in [0.5, 0.6) is 0 Å². The fourth-order valence-electron chi connectivity index (χ4n) is 2.32. The SMILES string of the molecule is Cc1cc(NC(=O)C2CCCCC2)cnc1C. The quantitative estimate of drug-likeness (QED) is 0.850. The van der Waals surface area contributed by atoms with Crippen LogP contribution in [0.25, 0.3) is 0 Å². The lowest BCUT2D eigenvalue weighted by atomic mass is 9.88. The van der Waals surface area contributed by atoms with Gasteiger partial charge in [0.1, 0.15) is 0 Å². The monoisotopic (exact) mass is 232 g/mol. The highest BCUT2D eigenvalue weighted by Gasteiger charge is 2.21. The van der Waals surface area contributed by atoms with E-state index in [-0.39, 0.29) is 11.8 Å². The molecule has 0 bridgehead atoms. The number of aromatic nitrogens is 1. The summed E-state index contributed by atoms with van der Waals surface area (Å²) in [6, 6.07) is 1.99. The summed E-state index contributed by atoms with van der Waals surface area (Å²) in [5, 5.41) is 2.98. The number of nitrogens with zero attached hydrogens (tertiary/aromatic N) is 1. The molecule has 0 saturated heterocycles. The lowest BCUT2D eigenvalue weighted by molar-refractivity contribution is -0.120. The first kappa shape index (κ1) is 12.1. The van der Waals surface area contributed by atoms with Gasteiger partial charge in [0.25, 0.3) is 0 Å². The Morgan fingerprint density at radius 1 is 1.29 bits per heavy atom. The number of nitrogens with one attached hydrogen (secondary N) is 1. The second-order valence-electron chi connectivity index (χ2n) is 4.95. The van der Waals surface area contributed by atoms with E-state index in [0.29, 0.717) is 0 Å². The number of hydrogen-bond donors (Lipinski definition) is 1. The van der Waals surface area contributed by atoms with E-state index in [1.165, 1.54) is 19.3 Å². The summed E-state index contributed by atoms with van der Waals surface area (Å²) in [5.74, 6) is 0.361. The Bertz CT molecular complexity index is 409. The first-order valence-electron chi connectivity index (χ1n) is 6.41. The van der Waals surface area contributed by atoms with Gasteiger partial charge < -0.3 is 5.32 Å². The molecule has 17 heavy (non-hydrogen) atoms. The van der Waals surface area contributed by atoms with Gasteiger partial charge in [-0.25, -0.2) is 0 Å². The molecule has 1 amide bonds. The molecule has 0 unspecified atom stereocenters. The van der Waals surface area contributed by atoms with Gasteiger partial charge >= 0.3 is 0 Å². The first-order valence-corrected chi connectivity index (χ1v) is 6.41. The zero-order valence-electron chi connectivity index (χ0n) is 10.6. The van der Waals surface area contributed by atoms with Crippen molar-refractivity contribution >= 4 is 11.6 Å². The zero-order chi connectivity index (χ0) is 12.3. The third kappa shape index (κ3) is 3.05. The molecule has 0 radical (unpaired) electrons. The van der Waals surface area contributed by atoms with Crippen LogP contribution in [0.3, 0.4) is 0 Å². The van der Waals surface area contributed by atoms with Crippen molar-refractivity contribution in [2.45, 2.75) is 46.0 Å². The standard InChI is InChI=1S/C14H20N2O/c1-10-8-13(9-15-11(10)2)16-14(17)12-6-4-3-5-7-12/h8-9,12H,3-7H2,1-2H3,(H,16,17). The molecule has 1 N–H and O–H groups in total. The molecule has 0 atom stereocenters. The number of amides is 1. The molecule has 2 rings (SSSR count). The van der Waals surface area contributed by atoms with Gasteiger partial charge in [-0.05, 0) is 38.3 Å². The maximum absolute atomic E-state index is 12.0. The van der Waals surface area contributed by atoms with Crippen molar-refractivity contribution in [2.75, 3.05) is 5.32 Å². The summed E-state index contributed by atoms with van der Waals surface area (Å²) in [4.78, 5) is 16.3. The molecule has 3 nitrogen and oxygen atoms in total. The highest BCUT2D eigenvalue weighted by Crippen LogP contribution is 2.25. The van der Waals surface area contributed by atoms with E-state index in [4.69, 9.17) is 0 Å². The van der Waals surface area contributed by atoms with E-state index in [1.807, 2.05) is 19.9 Å². The molecule has 0 spiro atoms. The Morgan fingerprint density at radius 2 is 2.00 bits per heavy atom. The van der Waals surface area contributed by atoms with Crippen LogP contribution in [0, 0.1) is 19.8 Å². The van der Waals surface area contributed by atoms with Crippen LogP contribution in [0.2, 0.25) is 0 Å². The van der Waals surface area contributed by atoms with Gasteiger partial charge in [-0.2, -0.15) is 0 Å². The lowest BCUT2D eigenvalue weighted by Crippen LogP contribution is -2.24. The van der Waals surface area contributed by atoms with Gasteiger partial charge in [-0.15, -0.1) is 0 Å². The second kappa shape index (κ2) is 5.30. The minimum Gasteiger partial charge on any atom is -0.324 e. The Morgan fingerprint density at radius 3 is 2.65 bits per heavy atom. The van der Waals surface area contributed by atoms with Crippen LogP contribution in [0.1, 0.15) is 43.4 Å². The van der Waals surface area contributed by atoms with E-state index in [9.17, 15) is 4.79 Å². The van der Waals surface area contributed by atoms with Crippen LogP contribution in [0.15, 0.2) is 12.3 Å². The number of carbonyl (C=O) groups excluding carboxylic acids is 1. The van der Waals surface area contributed by atoms with Crippen LogP contribution < -0.4 is 5.32 Å². The van der Waals surface area contributed by atoms with E-state index in [1.54, 1.807) is 6.20 Å². The minimum absolute atomic E-state index is 0.162. The lowest BCUT2D eigenvalue weighted by Gasteiger charge is -2.20. The summed E-state index contributed by atoms with van der Waals surface area (Å²) < 4.78 is 0. The Kier molecular flexibility index (Phi) is 3.77. The highest BCUT2D eigenvalue weighted by molar-refractivity contribution is 5.92. The zero-order valence-corrected chi connectivity index (χ0v) is 10.6. The van der Waals surface area contributed by atoms with Gasteiger partial charge in [0.05, 0.1) is 11.9 Å². The van der Waals surface area contributed by atoms with Crippen molar-refractivity contribution in [2.24, 2.45) is 5.92 Å². The Labute approximate surface area is 103 Å². The fourth-order valence-corrected chi connectivity index (χ4v) is 2.32. The van der Waals surface area contributed by atoms with E-state index in [0.717, 1.165) is 29.8 Å². The molecule has 1 saturated carbocycles. The van der Waals surface area contributed by atoms with Crippen LogP contribution in [-0.4, -0.2) is 10.9 Å². The number of hydrogen-bond acceptors (Lipinski definition) is 2. The van der Waals surface area contributed by atoms with Gasteiger partial charge in [0.15, 0.2) is 0 Å².